The molecule has 0 aromatic heterocycles. The van der Waals surface area contributed by atoms with E-state index in [1.165, 1.54) is 205 Å². The molecular formula is C73H128O6. The van der Waals surface area contributed by atoms with E-state index in [1.807, 2.05) is 0 Å². The molecule has 6 heteroatoms. The van der Waals surface area contributed by atoms with E-state index in [0.717, 1.165) is 96.3 Å². The summed E-state index contributed by atoms with van der Waals surface area (Å²) in [7, 11) is 0. The molecule has 0 aromatic rings. The molecule has 6 nitrogen and oxygen atoms in total. The average Bonchev–Trinajstić information content (AvgIpc) is 3.45. The number of allylic oxidation sites excluding steroid dienone is 14. The Morgan fingerprint density at radius 3 is 0.797 bits per heavy atom. The zero-order valence-corrected chi connectivity index (χ0v) is 52.4. The zero-order chi connectivity index (χ0) is 57.1. The number of rotatable bonds is 62. The van der Waals surface area contributed by atoms with Crippen LogP contribution in [0, 0.1) is 0 Å². The van der Waals surface area contributed by atoms with Crippen LogP contribution in [0.15, 0.2) is 85.1 Å². The minimum atomic E-state index is -0.783. The van der Waals surface area contributed by atoms with Crippen LogP contribution < -0.4 is 0 Å². The van der Waals surface area contributed by atoms with Crippen molar-refractivity contribution in [3.8, 4) is 0 Å². The molecule has 0 aliphatic rings. The number of carbonyl (C=O) groups excluding carboxylic acids is 3. The summed E-state index contributed by atoms with van der Waals surface area (Å²) >= 11 is 0. The molecule has 0 N–H and O–H groups in total. The zero-order valence-electron chi connectivity index (χ0n) is 52.4. The van der Waals surface area contributed by atoms with Gasteiger partial charge in [0.2, 0.25) is 0 Å². The van der Waals surface area contributed by atoms with Gasteiger partial charge in [-0.2, -0.15) is 0 Å². The lowest BCUT2D eigenvalue weighted by molar-refractivity contribution is -0.167. The summed E-state index contributed by atoms with van der Waals surface area (Å²) in [4.78, 5) is 38.4. The van der Waals surface area contributed by atoms with Crippen LogP contribution in [0.3, 0.4) is 0 Å². The smallest absolute Gasteiger partial charge is 0.306 e. The van der Waals surface area contributed by atoms with Crippen LogP contribution in [-0.4, -0.2) is 37.2 Å². The molecule has 0 amide bonds. The third kappa shape index (κ3) is 65.3. The normalized spacial score (nSPS) is 12.6. The second kappa shape index (κ2) is 67.1. The number of unbranched alkanes of at least 4 members (excludes halogenated alkanes) is 37. The summed E-state index contributed by atoms with van der Waals surface area (Å²) in [6.07, 6.45) is 88.8. The third-order valence-corrected chi connectivity index (χ3v) is 14.9. The van der Waals surface area contributed by atoms with E-state index in [0.29, 0.717) is 19.3 Å². The van der Waals surface area contributed by atoms with E-state index in [1.54, 1.807) is 0 Å². The molecule has 0 saturated heterocycles. The van der Waals surface area contributed by atoms with Crippen LogP contribution in [-0.2, 0) is 28.6 Å². The quantitative estimate of drug-likeness (QED) is 0.0261. The topological polar surface area (TPSA) is 78.9 Å². The lowest BCUT2D eigenvalue weighted by Crippen LogP contribution is -2.30. The van der Waals surface area contributed by atoms with E-state index >= 15 is 0 Å². The van der Waals surface area contributed by atoms with Crippen molar-refractivity contribution in [1.82, 2.24) is 0 Å². The number of carbonyl (C=O) groups is 3. The Morgan fingerprint density at radius 2 is 0.494 bits per heavy atom. The Morgan fingerprint density at radius 1 is 0.266 bits per heavy atom. The molecule has 1 unspecified atom stereocenters. The minimum Gasteiger partial charge on any atom is -0.462 e. The Labute approximate surface area is 490 Å². The van der Waals surface area contributed by atoms with Crippen molar-refractivity contribution in [3.63, 3.8) is 0 Å². The molecule has 0 rings (SSSR count). The highest BCUT2D eigenvalue weighted by Gasteiger charge is 2.19. The molecule has 0 bridgehead atoms. The molecule has 0 aromatic carbocycles. The SMILES string of the molecule is CC/C=C\C/C=C\C/C=C\C/C=C\C/C=C\CCCCCCCCCCCCCC(=O)OCC(COC(=O)CCCCCCC/C=C\CCCCCC)OC(=O)CCCCCCCCCCC/C=C\CCCCCCCCCC. The molecule has 1 atom stereocenters. The summed E-state index contributed by atoms with van der Waals surface area (Å²) in [5.41, 5.74) is 0. The second-order valence-electron chi connectivity index (χ2n) is 22.7. The Balaban J connectivity index is 4.29. The Hall–Kier alpha value is -3.41. The minimum absolute atomic E-state index is 0.0793. The van der Waals surface area contributed by atoms with E-state index in [-0.39, 0.29) is 31.1 Å². The van der Waals surface area contributed by atoms with E-state index in [4.69, 9.17) is 14.2 Å². The summed E-state index contributed by atoms with van der Waals surface area (Å²) in [6.45, 7) is 6.54. The maximum absolute atomic E-state index is 12.9. The number of ether oxygens (including phenoxy) is 3. The molecule has 0 aliphatic heterocycles. The van der Waals surface area contributed by atoms with Gasteiger partial charge in [0.1, 0.15) is 13.2 Å². The molecular weight excluding hydrogens is 973 g/mol. The van der Waals surface area contributed by atoms with Crippen LogP contribution in [0.5, 0.6) is 0 Å². The highest BCUT2D eigenvalue weighted by atomic mass is 16.6. The Bertz CT molecular complexity index is 1500. The summed E-state index contributed by atoms with van der Waals surface area (Å²) < 4.78 is 17.0. The van der Waals surface area contributed by atoms with Crippen LogP contribution in [0.4, 0.5) is 0 Å². The van der Waals surface area contributed by atoms with Crippen molar-refractivity contribution in [3.05, 3.63) is 85.1 Å². The molecule has 0 spiro atoms. The summed E-state index contributed by atoms with van der Waals surface area (Å²) in [5, 5.41) is 0. The van der Waals surface area contributed by atoms with Gasteiger partial charge in [0.05, 0.1) is 0 Å². The standard InChI is InChI=1S/C73H128O6/c1-4-7-10-13-16-19-22-25-27-29-31-33-34-35-36-37-38-40-41-43-45-48-51-54-57-60-63-66-72(75)78-69-70(68-77-71(74)65-62-59-56-53-50-47-24-21-18-15-12-9-6-3)79-73(76)67-64-61-58-55-52-49-46-44-42-39-32-30-28-26-23-20-17-14-11-8-5-2/h7,10,16,19,21,24-25,27,30-33,35-36,70H,4-6,8-9,11-15,17-18,20,22-23,26,28-29,34,37-69H2,1-3H3/b10-7-,19-16-,24-21-,27-25-,32-30-,33-31-,36-35-. The maximum atomic E-state index is 12.9. The van der Waals surface area contributed by atoms with Gasteiger partial charge in [-0.05, 0) is 116 Å². The predicted octanol–water partition coefficient (Wildman–Crippen LogP) is 23.4. The molecule has 0 radical (unpaired) electrons. The highest BCUT2D eigenvalue weighted by molar-refractivity contribution is 5.71. The first-order valence-corrected chi connectivity index (χ1v) is 34.1. The predicted molar refractivity (Wildman–Crippen MR) is 344 cm³/mol. The van der Waals surface area contributed by atoms with Crippen molar-refractivity contribution in [2.75, 3.05) is 13.2 Å². The van der Waals surface area contributed by atoms with Gasteiger partial charge in [-0.1, -0.05) is 292 Å². The molecule has 79 heavy (non-hydrogen) atoms. The first kappa shape index (κ1) is 75.6. The van der Waals surface area contributed by atoms with Gasteiger partial charge >= 0.3 is 17.9 Å². The molecule has 0 fully saturated rings. The first-order chi connectivity index (χ1) is 39.0. The van der Waals surface area contributed by atoms with Gasteiger partial charge < -0.3 is 14.2 Å². The third-order valence-electron chi connectivity index (χ3n) is 14.9. The van der Waals surface area contributed by atoms with Gasteiger partial charge in [-0.25, -0.2) is 0 Å². The molecule has 0 saturated carbocycles. The number of esters is 3. The average molecular weight is 1100 g/mol. The van der Waals surface area contributed by atoms with Crippen LogP contribution in [0.25, 0.3) is 0 Å². The van der Waals surface area contributed by atoms with Gasteiger partial charge in [0.25, 0.3) is 0 Å². The summed E-state index contributed by atoms with van der Waals surface area (Å²) in [5.74, 6) is -0.877. The summed E-state index contributed by atoms with van der Waals surface area (Å²) in [6, 6.07) is 0. The van der Waals surface area contributed by atoms with Crippen molar-refractivity contribution in [2.45, 2.75) is 348 Å². The lowest BCUT2D eigenvalue weighted by atomic mass is 10.0. The van der Waals surface area contributed by atoms with E-state index in [9.17, 15) is 14.4 Å². The van der Waals surface area contributed by atoms with E-state index < -0.39 is 6.10 Å². The lowest BCUT2D eigenvalue weighted by Gasteiger charge is -2.18. The maximum Gasteiger partial charge on any atom is 0.306 e. The van der Waals surface area contributed by atoms with E-state index in [2.05, 4.69) is 106 Å². The van der Waals surface area contributed by atoms with Crippen molar-refractivity contribution < 1.29 is 28.6 Å². The fraction of sp³-hybridized carbons (Fsp3) is 0.767. The number of hydrogen-bond donors (Lipinski definition) is 0. The van der Waals surface area contributed by atoms with Crippen molar-refractivity contribution in [2.24, 2.45) is 0 Å². The van der Waals surface area contributed by atoms with Gasteiger partial charge in [-0.3, -0.25) is 14.4 Å². The molecule has 0 aliphatic carbocycles. The second-order valence-corrected chi connectivity index (χ2v) is 22.7. The van der Waals surface area contributed by atoms with Crippen molar-refractivity contribution >= 4 is 17.9 Å². The van der Waals surface area contributed by atoms with Gasteiger partial charge in [0.15, 0.2) is 6.10 Å². The van der Waals surface area contributed by atoms with Gasteiger partial charge in [0, 0.05) is 19.3 Å². The number of hydrogen-bond acceptors (Lipinski definition) is 6. The fourth-order valence-electron chi connectivity index (χ4n) is 9.76. The fourth-order valence-corrected chi connectivity index (χ4v) is 9.76. The van der Waals surface area contributed by atoms with Crippen LogP contribution in [0.1, 0.15) is 342 Å². The Kier molecular flexibility index (Phi) is 64.2. The van der Waals surface area contributed by atoms with Gasteiger partial charge in [-0.15, -0.1) is 0 Å². The first-order valence-electron chi connectivity index (χ1n) is 34.1. The van der Waals surface area contributed by atoms with Crippen LogP contribution >= 0.6 is 0 Å². The molecule has 456 valence electrons. The largest absolute Gasteiger partial charge is 0.462 e. The van der Waals surface area contributed by atoms with Crippen molar-refractivity contribution in [1.29, 1.82) is 0 Å². The molecule has 0 heterocycles. The highest BCUT2D eigenvalue weighted by Crippen LogP contribution is 2.17. The monoisotopic (exact) mass is 1100 g/mol. The van der Waals surface area contributed by atoms with Crippen LogP contribution in [0.2, 0.25) is 0 Å².